The monoisotopic (exact) mass is 250 g/mol. The van der Waals surface area contributed by atoms with Crippen molar-refractivity contribution in [1.29, 1.82) is 0 Å². The molecule has 2 N–H and O–H groups in total. The molecule has 1 saturated heterocycles. The molecule has 2 heterocycles. The fraction of sp³-hybridized carbons (Fsp3) is 0.583. The second-order valence-corrected chi connectivity index (χ2v) is 5.58. The predicted octanol–water partition coefficient (Wildman–Crippen LogP) is 0.476. The summed E-state index contributed by atoms with van der Waals surface area (Å²) in [5.41, 5.74) is 5.04. The predicted molar refractivity (Wildman–Crippen MR) is 66.9 cm³/mol. The van der Waals surface area contributed by atoms with Crippen molar-refractivity contribution in [2.24, 2.45) is 11.7 Å². The van der Waals surface area contributed by atoms with Gasteiger partial charge in [0, 0.05) is 19.0 Å². The summed E-state index contributed by atoms with van der Waals surface area (Å²) in [6.45, 7) is 6.37. The Morgan fingerprint density at radius 3 is 2.67 bits per heavy atom. The van der Waals surface area contributed by atoms with Gasteiger partial charge in [-0.2, -0.15) is 5.10 Å². The molecule has 1 aromatic rings. The van der Waals surface area contributed by atoms with Crippen LogP contribution in [0.5, 0.6) is 0 Å². The largest absolute Gasteiger partial charge is 0.369 e. The van der Waals surface area contributed by atoms with Gasteiger partial charge < -0.3 is 5.73 Å². The van der Waals surface area contributed by atoms with Gasteiger partial charge in [0.15, 0.2) is 0 Å². The summed E-state index contributed by atoms with van der Waals surface area (Å²) in [5.74, 6) is -0.186. The maximum Gasteiger partial charge on any atom is 0.229 e. The average Bonchev–Trinajstić information content (AvgIpc) is 2.81. The Morgan fingerprint density at radius 2 is 2.17 bits per heavy atom. The fourth-order valence-corrected chi connectivity index (χ4v) is 2.14. The average molecular weight is 250 g/mol. The second-order valence-electron chi connectivity index (χ2n) is 5.58. The SMILES string of the molecule is CC(C)(C)n1nccc1N1CC(C(N)=O)CC1=O. The molecule has 0 saturated carbocycles. The van der Waals surface area contributed by atoms with Gasteiger partial charge in [-0.1, -0.05) is 0 Å². The van der Waals surface area contributed by atoms with E-state index in [0.29, 0.717) is 6.54 Å². The molecule has 1 unspecified atom stereocenters. The van der Waals surface area contributed by atoms with Crippen LogP contribution in [0.2, 0.25) is 0 Å². The lowest BCUT2D eigenvalue weighted by atomic mass is 10.1. The van der Waals surface area contributed by atoms with Gasteiger partial charge in [-0.3, -0.25) is 14.5 Å². The van der Waals surface area contributed by atoms with Crippen molar-refractivity contribution in [3.05, 3.63) is 12.3 Å². The molecule has 18 heavy (non-hydrogen) atoms. The Kier molecular flexibility index (Phi) is 2.88. The van der Waals surface area contributed by atoms with Crippen LogP contribution < -0.4 is 10.6 Å². The van der Waals surface area contributed by atoms with E-state index in [2.05, 4.69) is 5.10 Å². The second kappa shape index (κ2) is 4.12. The molecule has 0 spiro atoms. The summed E-state index contributed by atoms with van der Waals surface area (Å²) in [6.07, 6.45) is 1.84. The topological polar surface area (TPSA) is 81.2 Å². The van der Waals surface area contributed by atoms with Crippen molar-refractivity contribution in [3.63, 3.8) is 0 Å². The zero-order valence-corrected chi connectivity index (χ0v) is 10.9. The summed E-state index contributed by atoms with van der Waals surface area (Å²) >= 11 is 0. The van der Waals surface area contributed by atoms with E-state index in [1.807, 2.05) is 20.8 Å². The van der Waals surface area contributed by atoms with E-state index < -0.39 is 11.8 Å². The van der Waals surface area contributed by atoms with Crippen molar-refractivity contribution in [3.8, 4) is 0 Å². The minimum atomic E-state index is -0.423. The maximum atomic E-state index is 11.9. The third-order valence-electron chi connectivity index (χ3n) is 3.06. The van der Waals surface area contributed by atoms with E-state index in [4.69, 9.17) is 5.73 Å². The van der Waals surface area contributed by atoms with Gasteiger partial charge in [0.05, 0.1) is 17.7 Å². The van der Waals surface area contributed by atoms with Crippen molar-refractivity contribution in [1.82, 2.24) is 9.78 Å². The number of nitrogens with two attached hydrogens (primary N) is 1. The number of carbonyl (C=O) groups excluding carboxylic acids is 2. The molecule has 6 nitrogen and oxygen atoms in total. The third-order valence-corrected chi connectivity index (χ3v) is 3.06. The van der Waals surface area contributed by atoms with Gasteiger partial charge in [0.2, 0.25) is 11.8 Å². The number of aromatic nitrogens is 2. The number of hydrogen-bond acceptors (Lipinski definition) is 3. The molecular weight excluding hydrogens is 232 g/mol. The first-order valence-corrected chi connectivity index (χ1v) is 5.95. The van der Waals surface area contributed by atoms with E-state index in [1.165, 1.54) is 0 Å². The molecule has 2 rings (SSSR count). The highest BCUT2D eigenvalue weighted by Crippen LogP contribution is 2.28. The molecule has 1 aromatic heterocycles. The Labute approximate surface area is 106 Å². The minimum absolute atomic E-state index is 0.0789. The van der Waals surface area contributed by atoms with Crippen molar-refractivity contribution >= 4 is 17.6 Å². The highest BCUT2D eigenvalue weighted by molar-refractivity contribution is 5.99. The molecule has 1 fully saturated rings. The number of primary amides is 1. The van der Waals surface area contributed by atoms with Gasteiger partial charge in [0.1, 0.15) is 5.82 Å². The summed E-state index contributed by atoms with van der Waals surface area (Å²) in [7, 11) is 0. The van der Waals surface area contributed by atoms with Crippen molar-refractivity contribution in [2.75, 3.05) is 11.4 Å². The fourth-order valence-electron chi connectivity index (χ4n) is 2.14. The lowest BCUT2D eigenvalue weighted by molar-refractivity contribution is -0.123. The van der Waals surface area contributed by atoms with E-state index in [9.17, 15) is 9.59 Å². The van der Waals surface area contributed by atoms with Crippen LogP contribution in [-0.2, 0) is 15.1 Å². The van der Waals surface area contributed by atoms with E-state index >= 15 is 0 Å². The van der Waals surface area contributed by atoms with Crippen LogP contribution in [0.1, 0.15) is 27.2 Å². The smallest absolute Gasteiger partial charge is 0.229 e. The molecule has 0 bridgehead atoms. The maximum absolute atomic E-state index is 11.9. The van der Waals surface area contributed by atoms with Crippen LogP contribution in [-0.4, -0.2) is 28.1 Å². The third kappa shape index (κ3) is 2.10. The zero-order chi connectivity index (χ0) is 13.5. The van der Waals surface area contributed by atoms with Gasteiger partial charge in [-0.05, 0) is 20.8 Å². The molecule has 0 radical (unpaired) electrons. The first-order chi connectivity index (χ1) is 8.30. The van der Waals surface area contributed by atoms with Crippen molar-refractivity contribution < 1.29 is 9.59 Å². The Hall–Kier alpha value is -1.85. The number of anilines is 1. The number of rotatable bonds is 2. The Balaban J connectivity index is 2.31. The molecule has 6 heteroatoms. The minimum Gasteiger partial charge on any atom is -0.369 e. The summed E-state index contributed by atoms with van der Waals surface area (Å²) in [6, 6.07) is 1.78. The number of amides is 2. The van der Waals surface area contributed by atoms with Crippen LogP contribution in [0.3, 0.4) is 0 Å². The zero-order valence-electron chi connectivity index (χ0n) is 10.9. The number of hydrogen-bond donors (Lipinski definition) is 1. The quantitative estimate of drug-likeness (QED) is 0.828. The highest BCUT2D eigenvalue weighted by Gasteiger charge is 2.36. The lowest BCUT2D eigenvalue weighted by Gasteiger charge is -2.26. The van der Waals surface area contributed by atoms with E-state index in [-0.39, 0.29) is 17.9 Å². The standard InChI is InChI=1S/C12H18N4O2/c1-12(2,3)16-9(4-5-14-16)15-7-8(11(13)18)6-10(15)17/h4-5,8H,6-7H2,1-3H3,(H2,13,18). The molecule has 1 atom stereocenters. The van der Waals surface area contributed by atoms with Crippen LogP contribution in [0.25, 0.3) is 0 Å². The Morgan fingerprint density at radius 1 is 1.50 bits per heavy atom. The van der Waals surface area contributed by atoms with Gasteiger partial charge >= 0.3 is 0 Å². The number of carbonyl (C=O) groups is 2. The summed E-state index contributed by atoms with van der Waals surface area (Å²) in [4.78, 5) is 24.7. The van der Waals surface area contributed by atoms with Gasteiger partial charge in [-0.15, -0.1) is 0 Å². The first-order valence-electron chi connectivity index (χ1n) is 5.95. The molecule has 98 valence electrons. The van der Waals surface area contributed by atoms with E-state index in [0.717, 1.165) is 5.82 Å². The van der Waals surface area contributed by atoms with E-state index in [1.54, 1.807) is 21.8 Å². The molecule has 0 aliphatic carbocycles. The Bertz CT molecular complexity index is 487. The summed E-state index contributed by atoms with van der Waals surface area (Å²) < 4.78 is 1.79. The normalized spacial score (nSPS) is 20.5. The van der Waals surface area contributed by atoms with Crippen LogP contribution in [0.15, 0.2) is 12.3 Å². The van der Waals surface area contributed by atoms with Crippen LogP contribution >= 0.6 is 0 Å². The first kappa shape index (κ1) is 12.6. The van der Waals surface area contributed by atoms with Gasteiger partial charge in [-0.25, -0.2) is 4.68 Å². The van der Waals surface area contributed by atoms with Gasteiger partial charge in [0.25, 0.3) is 0 Å². The summed E-state index contributed by atoms with van der Waals surface area (Å²) in [5, 5.41) is 4.24. The highest BCUT2D eigenvalue weighted by atomic mass is 16.2. The molecular formula is C12H18N4O2. The molecule has 1 aliphatic rings. The number of nitrogens with zero attached hydrogens (tertiary/aromatic N) is 3. The lowest BCUT2D eigenvalue weighted by Crippen LogP contribution is -2.33. The molecule has 2 amide bonds. The molecule has 0 aromatic carbocycles. The molecule has 1 aliphatic heterocycles. The van der Waals surface area contributed by atoms with Crippen LogP contribution in [0, 0.1) is 5.92 Å². The van der Waals surface area contributed by atoms with Crippen LogP contribution in [0.4, 0.5) is 5.82 Å². The van der Waals surface area contributed by atoms with Crippen molar-refractivity contribution in [2.45, 2.75) is 32.7 Å².